The molecule has 28 heavy (non-hydrogen) atoms. The molecule has 8 heteroatoms. The summed E-state index contributed by atoms with van der Waals surface area (Å²) in [5.74, 6) is 0.883. The van der Waals surface area contributed by atoms with Crippen molar-refractivity contribution in [2.75, 3.05) is 44.7 Å². The summed E-state index contributed by atoms with van der Waals surface area (Å²) in [6.45, 7) is 5.50. The lowest BCUT2D eigenvalue weighted by molar-refractivity contribution is 0.0398. The number of nitrogens with one attached hydrogen (secondary N) is 1. The van der Waals surface area contributed by atoms with Crippen molar-refractivity contribution in [1.82, 2.24) is 20.1 Å². The van der Waals surface area contributed by atoms with Crippen LogP contribution in [0.4, 0.5) is 5.13 Å². The van der Waals surface area contributed by atoms with E-state index in [-0.39, 0.29) is 0 Å². The van der Waals surface area contributed by atoms with Gasteiger partial charge in [-0.2, -0.15) is 0 Å². The standard InChI is InChI=1S/C20H23N5OS2/c1-2-5-16(6-3-1)15-27-18-17(7-4-8-21-18)19-23-24-20(28-19)22-9-10-25-11-13-26-14-12-25/h1-8H,9-15H2,(H,22,24). The number of nitrogens with zero attached hydrogens (tertiary/aromatic N) is 4. The van der Waals surface area contributed by atoms with Gasteiger partial charge in [0.05, 0.1) is 13.2 Å². The fraction of sp³-hybridized carbons (Fsp3) is 0.350. The molecule has 1 fully saturated rings. The number of rotatable bonds is 8. The van der Waals surface area contributed by atoms with E-state index in [1.807, 2.05) is 18.3 Å². The number of morpholine rings is 1. The fourth-order valence-electron chi connectivity index (χ4n) is 2.94. The molecule has 0 amide bonds. The van der Waals surface area contributed by atoms with Crippen LogP contribution >= 0.6 is 23.1 Å². The number of anilines is 1. The molecule has 0 spiro atoms. The van der Waals surface area contributed by atoms with Gasteiger partial charge in [-0.3, -0.25) is 4.90 Å². The van der Waals surface area contributed by atoms with E-state index < -0.39 is 0 Å². The lowest BCUT2D eigenvalue weighted by Crippen LogP contribution is -2.38. The Bertz CT molecular complexity index is 868. The molecule has 1 N–H and O–H groups in total. The number of ether oxygens (including phenoxy) is 1. The van der Waals surface area contributed by atoms with Gasteiger partial charge in [-0.05, 0) is 17.7 Å². The molecule has 1 aliphatic rings. The van der Waals surface area contributed by atoms with E-state index in [1.54, 1.807) is 23.1 Å². The molecule has 0 aliphatic carbocycles. The summed E-state index contributed by atoms with van der Waals surface area (Å²) in [6, 6.07) is 14.5. The normalized spacial score (nSPS) is 14.9. The lowest BCUT2D eigenvalue weighted by Gasteiger charge is -2.26. The van der Waals surface area contributed by atoms with E-state index in [4.69, 9.17) is 4.74 Å². The Morgan fingerprint density at radius 1 is 1.07 bits per heavy atom. The maximum absolute atomic E-state index is 5.39. The third-order valence-electron chi connectivity index (χ3n) is 4.45. The first-order valence-corrected chi connectivity index (χ1v) is 11.2. The van der Waals surface area contributed by atoms with Crippen molar-refractivity contribution < 1.29 is 4.74 Å². The first kappa shape index (κ1) is 19.3. The third-order valence-corrected chi connectivity index (χ3v) is 6.44. The maximum Gasteiger partial charge on any atom is 0.206 e. The van der Waals surface area contributed by atoms with Crippen LogP contribution in [0.3, 0.4) is 0 Å². The van der Waals surface area contributed by atoms with E-state index in [1.165, 1.54) is 5.56 Å². The molecule has 6 nitrogen and oxygen atoms in total. The van der Waals surface area contributed by atoms with Gasteiger partial charge in [-0.15, -0.1) is 22.0 Å². The molecule has 0 atom stereocenters. The summed E-state index contributed by atoms with van der Waals surface area (Å²) in [4.78, 5) is 6.97. The number of benzene rings is 1. The second-order valence-corrected chi connectivity index (χ2v) is 8.37. The highest BCUT2D eigenvalue weighted by molar-refractivity contribution is 7.98. The molecular formula is C20H23N5OS2. The zero-order valence-electron chi connectivity index (χ0n) is 15.6. The van der Waals surface area contributed by atoms with Gasteiger partial charge >= 0.3 is 0 Å². The predicted molar refractivity (Wildman–Crippen MR) is 115 cm³/mol. The third kappa shape index (κ3) is 5.29. The van der Waals surface area contributed by atoms with Gasteiger partial charge in [0.15, 0.2) is 5.01 Å². The van der Waals surface area contributed by atoms with Crippen LogP contribution in [0.5, 0.6) is 0 Å². The summed E-state index contributed by atoms with van der Waals surface area (Å²) in [5, 5.41) is 14.8. The van der Waals surface area contributed by atoms with Crippen LogP contribution in [0.1, 0.15) is 5.56 Å². The van der Waals surface area contributed by atoms with Gasteiger partial charge in [-0.1, -0.05) is 41.7 Å². The minimum absolute atomic E-state index is 0.827. The first-order valence-electron chi connectivity index (χ1n) is 9.38. The summed E-state index contributed by atoms with van der Waals surface area (Å²) in [6.07, 6.45) is 1.83. The molecule has 3 heterocycles. The highest BCUT2D eigenvalue weighted by Crippen LogP contribution is 2.34. The SMILES string of the molecule is c1ccc(CSc2ncccc2-c2nnc(NCCN3CCOCC3)s2)cc1. The van der Waals surface area contributed by atoms with Gasteiger partial charge in [0.2, 0.25) is 5.13 Å². The molecular weight excluding hydrogens is 390 g/mol. The van der Waals surface area contributed by atoms with Crippen molar-refractivity contribution in [3.63, 3.8) is 0 Å². The minimum Gasteiger partial charge on any atom is -0.379 e. The summed E-state index contributed by atoms with van der Waals surface area (Å²) in [5.41, 5.74) is 2.33. The molecule has 146 valence electrons. The molecule has 2 aromatic heterocycles. The topological polar surface area (TPSA) is 63.2 Å². The molecule has 0 bridgehead atoms. The second-order valence-electron chi connectivity index (χ2n) is 6.42. The Labute approximate surface area is 173 Å². The number of hydrogen-bond acceptors (Lipinski definition) is 8. The van der Waals surface area contributed by atoms with Gasteiger partial charge in [0, 0.05) is 43.7 Å². The molecule has 1 aromatic carbocycles. The van der Waals surface area contributed by atoms with Gasteiger partial charge < -0.3 is 10.1 Å². The Morgan fingerprint density at radius 3 is 2.79 bits per heavy atom. The van der Waals surface area contributed by atoms with E-state index in [0.29, 0.717) is 0 Å². The molecule has 3 aromatic rings. The van der Waals surface area contributed by atoms with E-state index >= 15 is 0 Å². The number of hydrogen-bond donors (Lipinski definition) is 1. The van der Waals surface area contributed by atoms with Gasteiger partial charge in [0.1, 0.15) is 5.03 Å². The Kier molecular flexibility index (Phi) is 6.88. The molecule has 0 saturated carbocycles. The molecule has 0 unspecified atom stereocenters. The molecule has 1 aliphatic heterocycles. The summed E-state index contributed by atoms with van der Waals surface area (Å²) >= 11 is 3.31. The van der Waals surface area contributed by atoms with Crippen LogP contribution in [0.15, 0.2) is 53.7 Å². The highest BCUT2D eigenvalue weighted by Gasteiger charge is 2.13. The van der Waals surface area contributed by atoms with Crippen LogP contribution in [0, 0.1) is 0 Å². The second kappa shape index (κ2) is 9.97. The van der Waals surface area contributed by atoms with Crippen LogP contribution in [0.2, 0.25) is 0 Å². The number of aromatic nitrogens is 3. The smallest absolute Gasteiger partial charge is 0.206 e. The average molecular weight is 414 g/mol. The molecule has 0 radical (unpaired) electrons. The monoisotopic (exact) mass is 413 g/mol. The molecule has 4 rings (SSSR count). The van der Waals surface area contributed by atoms with Gasteiger partial charge in [0.25, 0.3) is 0 Å². The van der Waals surface area contributed by atoms with Crippen molar-refractivity contribution in [2.45, 2.75) is 10.8 Å². The summed E-state index contributed by atoms with van der Waals surface area (Å²) in [7, 11) is 0. The Hall–Kier alpha value is -2.00. The first-order chi connectivity index (χ1) is 13.9. The quantitative estimate of drug-likeness (QED) is 0.566. The fourth-order valence-corrected chi connectivity index (χ4v) is 4.76. The predicted octanol–water partition coefficient (Wildman–Crippen LogP) is 3.64. The zero-order valence-corrected chi connectivity index (χ0v) is 17.2. The number of pyridine rings is 1. The maximum atomic E-state index is 5.39. The van der Waals surface area contributed by atoms with Crippen molar-refractivity contribution in [1.29, 1.82) is 0 Å². The van der Waals surface area contributed by atoms with Crippen molar-refractivity contribution >= 4 is 28.2 Å². The number of thioether (sulfide) groups is 1. The van der Waals surface area contributed by atoms with Crippen LogP contribution in [-0.4, -0.2) is 59.5 Å². The van der Waals surface area contributed by atoms with E-state index in [0.717, 1.165) is 65.9 Å². The van der Waals surface area contributed by atoms with Crippen molar-refractivity contribution in [3.8, 4) is 10.6 Å². The van der Waals surface area contributed by atoms with Gasteiger partial charge in [-0.25, -0.2) is 4.98 Å². The average Bonchev–Trinajstić information content (AvgIpc) is 3.23. The van der Waals surface area contributed by atoms with E-state index in [2.05, 4.69) is 55.7 Å². The molecule has 1 saturated heterocycles. The Morgan fingerprint density at radius 2 is 1.93 bits per heavy atom. The van der Waals surface area contributed by atoms with Crippen LogP contribution < -0.4 is 5.32 Å². The van der Waals surface area contributed by atoms with Crippen LogP contribution in [0.25, 0.3) is 10.6 Å². The minimum atomic E-state index is 0.827. The van der Waals surface area contributed by atoms with Crippen LogP contribution in [-0.2, 0) is 10.5 Å². The zero-order chi connectivity index (χ0) is 19.0. The van der Waals surface area contributed by atoms with Crippen molar-refractivity contribution in [3.05, 3.63) is 54.2 Å². The highest BCUT2D eigenvalue weighted by atomic mass is 32.2. The largest absolute Gasteiger partial charge is 0.379 e. The Balaban J connectivity index is 1.36. The lowest BCUT2D eigenvalue weighted by atomic mass is 10.2. The van der Waals surface area contributed by atoms with Crippen molar-refractivity contribution in [2.24, 2.45) is 0 Å². The summed E-state index contributed by atoms with van der Waals surface area (Å²) < 4.78 is 5.39. The van der Waals surface area contributed by atoms with E-state index in [9.17, 15) is 0 Å².